The third-order valence-electron chi connectivity index (χ3n) is 4.47. The summed E-state index contributed by atoms with van der Waals surface area (Å²) in [6.07, 6.45) is 0.436. The van der Waals surface area contributed by atoms with Gasteiger partial charge in [0.05, 0.1) is 11.8 Å². The Morgan fingerprint density at radius 3 is 2.57 bits per heavy atom. The lowest BCUT2D eigenvalue weighted by atomic mass is 9.84. The van der Waals surface area contributed by atoms with Crippen molar-refractivity contribution in [2.45, 2.75) is 25.7 Å². The van der Waals surface area contributed by atoms with Gasteiger partial charge in [-0.3, -0.25) is 9.59 Å². The van der Waals surface area contributed by atoms with Gasteiger partial charge in [0.1, 0.15) is 13.2 Å². The molecule has 0 saturated heterocycles. The third-order valence-corrected chi connectivity index (χ3v) is 4.47. The van der Waals surface area contributed by atoms with E-state index in [1.807, 2.05) is 32.0 Å². The van der Waals surface area contributed by atoms with Crippen molar-refractivity contribution in [3.05, 3.63) is 23.8 Å². The van der Waals surface area contributed by atoms with E-state index in [1.54, 1.807) is 0 Å². The topological polar surface area (TPSA) is 84.9 Å². The number of hydrogen-bond donors (Lipinski definition) is 2. The molecular formula is C17H21NO5. The number of rotatable bonds is 5. The number of carboxylic acids is 1. The van der Waals surface area contributed by atoms with Crippen LogP contribution in [0.3, 0.4) is 0 Å². The molecule has 23 heavy (non-hydrogen) atoms. The van der Waals surface area contributed by atoms with Crippen LogP contribution >= 0.6 is 0 Å². The molecule has 1 amide bonds. The van der Waals surface area contributed by atoms with Gasteiger partial charge in [0.15, 0.2) is 11.5 Å². The fraction of sp³-hybridized carbons (Fsp3) is 0.529. The van der Waals surface area contributed by atoms with Crippen LogP contribution in [0.4, 0.5) is 0 Å². The van der Waals surface area contributed by atoms with E-state index in [4.69, 9.17) is 14.6 Å². The second kappa shape index (κ2) is 5.76. The van der Waals surface area contributed by atoms with E-state index in [1.165, 1.54) is 0 Å². The highest BCUT2D eigenvalue weighted by molar-refractivity contribution is 5.89. The van der Waals surface area contributed by atoms with Gasteiger partial charge >= 0.3 is 5.97 Å². The summed E-state index contributed by atoms with van der Waals surface area (Å²) in [7, 11) is 0. The van der Waals surface area contributed by atoms with Gasteiger partial charge in [-0.05, 0) is 24.1 Å². The Morgan fingerprint density at radius 1 is 1.22 bits per heavy atom. The largest absolute Gasteiger partial charge is 0.486 e. The summed E-state index contributed by atoms with van der Waals surface area (Å²) >= 11 is 0. The summed E-state index contributed by atoms with van der Waals surface area (Å²) in [6, 6.07) is 5.80. The molecule has 124 valence electrons. The molecule has 2 unspecified atom stereocenters. The minimum atomic E-state index is -0.892. The predicted octanol–water partition coefficient (Wildman–Crippen LogP) is 1.57. The number of ether oxygens (including phenoxy) is 2. The van der Waals surface area contributed by atoms with Crippen LogP contribution in [0.1, 0.15) is 25.8 Å². The second-order valence-electron chi connectivity index (χ2n) is 6.75. The van der Waals surface area contributed by atoms with Crippen LogP contribution in [0, 0.1) is 11.8 Å². The van der Waals surface area contributed by atoms with E-state index >= 15 is 0 Å². The van der Waals surface area contributed by atoms with Crippen molar-refractivity contribution in [3.8, 4) is 11.5 Å². The number of fused-ring (bicyclic) bond motifs is 1. The van der Waals surface area contributed by atoms with Crippen molar-refractivity contribution in [3.63, 3.8) is 0 Å². The second-order valence-corrected chi connectivity index (χ2v) is 6.75. The highest BCUT2D eigenvalue weighted by atomic mass is 16.6. The number of carbonyl (C=O) groups is 2. The van der Waals surface area contributed by atoms with Gasteiger partial charge in [-0.2, -0.15) is 0 Å². The summed E-state index contributed by atoms with van der Waals surface area (Å²) < 4.78 is 11.1. The van der Waals surface area contributed by atoms with Gasteiger partial charge in [-0.15, -0.1) is 0 Å². The monoisotopic (exact) mass is 319 g/mol. The van der Waals surface area contributed by atoms with E-state index in [0.29, 0.717) is 26.2 Å². The van der Waals surface area contributed by atoms with Crippen molar-refractivity contribution in [1.82, 2.24) is 5.32 Å². The fourth-order valence-electron chi connectivity index (χ4n) is 2.76. The lowest BCUT2D eigenvalue weighted by Crippen LogP contribution is -2.38. The zero-order valence-electron chi connectivity index (χ0n) is 13.3. The lowest BCUT2D eigenvalue weighted by Gasteiger charge is -2.28. The summed E-state index contributed by atoms with van der Waals surface area (Å²) in [5, 5.41) is 11.8. The van der Waals surface area contributed by atoms with Crippen LogP contribution in [0.2, 0.25) is 0 Å². The Kier molecular flexibility index (Phi) is 3.92. The first-order valence-electron chi connectivity index (χ1n) is 7.79. The Balaban J connectivity index is 1.63. The molecule has 2 atom stereocenters. The van der Waals surface area contributed by atoms with Crippen LogP contribution in [0.5, 0.6) is 11.5 Å². The molecule has 0 radical (unpaired) electrons. The van der Waals surface area contributed by atoms with Gasteiger partial charge in [0.25, 0.3) is 0 Å². The molecule has 1 aliphatic heterocycles. The van der Waals surface area contributed by atoms with Crippen LogP contribution in [0.25, 0.3) is 0 Å². The number of aliphatic carboxylic acids is 1. The van der Waals surface area contributed by atoms with Crippen LogP contribution in [-0.2, 0) is 15.0 Å². The zero-order valence-corrected chi connectivity index (χ0v) is 13.3. The molecule has 2 aliphatic rings. The molecule has 6 heteroatoms. The highest BCUT2D eigenvalue weighted by Gasteiger charge is 2.48. The smallest absolute Gasteiger partial charge is 0.307 e. The predicted molar refractivity (Wildman–Crippen MR) is 82.7 cm³/mol. The maximum absolute atomic E-state index is 12.0. The average molecular weight is 319 g/mol. The van der Waals surface area contributed by atoms with E-state index in [2.05, 4.69) is 5.32 Å². The van der Waals surface area contributed by atoms with Crippen molar-refractivity contribution in [1.29, 1.82) is 0 Å². The summed E-state index contributed by atoms with van der Waals surface area (Å²) in [6.45, 7) is 5.58. The van der Waals surface area contributed by atoms with Gasteiger partial charge in [0, 0.05) is 12.0 Å². The highest BCUT2D eigenvalue weighted by Crippen LogP contribution is 2.39. The molecule has 1 saturated carbocycles. The third kappa shape index (κ3) is 3.25. The molecule has 1 aliphatic carbocycles. The molecule has 0 bridgehead atoms. The molecule has 1 aromatic carbocycles. The summed E-state index contributed by atoms with van der Waals surface area (Å²) in [4.78, 5) is 22.8. The van der Waals surface area contributed by atoms with Gasteiger partial charge in [0.2, 0.25) is 5.91 Å². The number of carbonyl (C=O) groups excluding carboxylic acids is 1. The Bertz CT molecular complexity index is 640. The Labute approximate surface area is 134 Å². The molecule has 0 aromatic heterocycles. The molecule has 0 spiro atoms. The molecule has 3 rings (SSSR count). The first-order chi connectivity index (χ1) is 10.9. The number of hydrogen-bond acceptors (Lipinski definition) is 4. The van der Waals surface area contributed by atoms with Crippen molar-refractivity contribution in [2.24, 2.45) is 11.8 Å². The summed E-state index contributed by atoms with van der Waals surface area (Å²) in [5.74, 6) is -0.515. The Hall–Kier alpha value is -2.24. The first-order valence-corrected chi connectivity index (χ1v) is 7.79. The normalized spacial score (nSPS) is 22.3. The molecule has 1 aromatic rings. The van der Waals surface area contributed by atoms with E-state index < -0.39 is 11.9 Å². The van der Waals surface area contributed by atoms with E-state index in [0.717, 1.165) is 17.1 Å². The molecule has 2 N–H and O–H groups in total. The van der Waals surface area contributed by atoms with Gasteiger partial charge in [-0.1, -0.05) is 19.9 Å². The quantitative estimate of drug-likeness (QED) is 0.860. The SMILES string of the molecule is CC(C)(CNC(=O)C1CC1C(=O)O)c1ccc2c(c1)OCCO2. The van der Waals surface area contributed by atoms with Crippen LogP contribution < -0.4 is 14.8 Å². The zero-order chi connectivity index (χ0) is 16.6. The number of amides is 1. The minimum Gasteiger partial charge on any atom is -0.486 e. The maximum Gasteiger partial charge on any atom is 0.307 e. The van der Waals surface area contributed by atoms with Crippen LogP contribution in [-0.4, -0.2) is 36.7 Å². The van der Waals surface area contributed by atoms with Crippen molar-refractivity contribution < 1.29 is 24.2 Å². The number of nitrogens with one attached hydrogen (secondary N) is 1. The van der Waals surface area contributed by atoms with Crippen molar-refractivity contribution in [2.75, 3.05) is 19.8 Å². The fourth-order valence-corrected chi connectivity index (χ4v) is 2.76. The number of benzene rings is 1. The number of carboxylic acid groups (broad SMARTS) is 1. The van der Waals surface area contributed by atoms with Crippen molar-refractivity contribution >= 4 is 11.9 Å². The summed E-state index contributed by atoms with van der Waals surface area (Å²) in [5.41, 5.74) is 0.742. The van der Waals surface area contributed by atoms with E-state index in [-0.39, 0.29) is 17.2 Å². The Morgan fingerprint density at radius 2 is 1.91 bits per heavy atom. The molecule has 1 fully saturated rings. The van der Waals surface area contributed by atoms with Gasteiger partial charge < -0.3 is 19.9 Å². The van der Waals surface area contributed by atoms with E-state index in [9.17, 15) is 9.59 Å². The molecular weight excluding hydrogens is 298 g/mol. The first kappa shape index (κ1) is 15.6. The standard InChI is InChI=1S/C17H21NO5/c1-17(2,9-18-15(19)11-8-12(11)16(20)21)10-3-4-13-14(7-10)23-6-5-22-13/h3-4,7,11-12H,5-6,8-9H2,1-2H3,(H,18,19)(H,20,21). The molecule has 6 nitrogen and oxygen atoms in total. The average Bonchev–Trinajstić information content (AvgIpc) is 3.33. The maximum atomic E-state index is 12.0. The van der Waals surface area contributed by atoms with Crippen LogP contribution in [0.15, 0.2) is 18.2 Å². The lowest BCUT2D eigenvalue weighted by molar-refractivity contribution is -0.140. The minimum absolute atomic E-state index is 0.178. The van der Waals surface area contributed by atoms with Gasteiger partial charge in [-0.25, -0.2) is 0 Å². The molecule has 1 heterocycles.